The number of hydrogen-bond donors (Lipinski definition) is 0. The van der Waals surface area contributed by atoms with E-state index < -0.39 is 0 Å². The topological polar surface area (TPSA) is 0 Å². The van der Waals surface area contributed by atoms with Gasteiger partial charge in [-0.1, -0.05) is 34.6 Å². The van der Waals surface area contributed by atoms with Gasteiger partial charge in [0.15, 0.2) is 0 Å². The van der Waals surface area contributed by atoms with Crippen LogP contribution in [0.4, 0.5) is 0 Å². The molecule has 0 N–H and O–H groups in total. The fourth-order valence-corrected chi connectivity index (χ4v) is 2.33. The summed E-state index contributed by atoms with van der Waals surface area (Å²) in [5.41, 5.74) is 0.643. The SMILES string of the molecule is CC(C)C(C)C1CCC1(C)C. The third-order valence-corrected chi connectivity index (χ3v) is 3.79. The first-order chi connectivity index (χ1) is 4.95. The predicted octanol–water partition coefficient (Wildman–Crippen LogP) is 3.71. The van der Waals surface area contributed by atoms with E-state index in [1.54, 1.807) is 0 Å². The van der Waals surface area contributed by atoms with Gasteiger partial charge in [0.25, 0.3) is 0 Å². The van der Waals surface area contributed by atoms with Crippen LogP contribution in [0, 0.1) is 23.2 Å². The lowest BCUT2D eigenvalue weighted by molar-refractivity contribution is 0.00918. The van der Waals surface area contributed by atoms with Crippen LogP contribution in [0.15, 0.2) is 0 Å². The fourth-order valence-electron chi connectivity index (χ4n) is 2.33. The van der Waals surface area contributed by atoms with Gasteiger partial charge in [-0.3, -0.25) is 0 Å². The van der Waals surface area contributed by atoms with E-state index in [1.807, 2.05) is 0 Å². The van der Waals surface area contributed by atoms with Crippen molar-refractivity contribution in [2.75, 3.05) is 0 Å². The van der Waals surface area contributed by atoms with Gasteiger partial charge in [-0.15, -0.1) is 0 Å². The molecule has 66 valence electrons. The first-order valence-electron chi connectivity index (χ1n) is 4.95. The second-order valence-electron chi connectivity index (χ2n) is 5.24. The van der Waals surface area contributed by atoms with Crippen molar-refractivity contribution >= 4 is 0 Å². The van der Waals surface area contributed by atoms with Gasteiger partial charge in [0.05, 0.1) is 0 Å². The Balaban J connectivity index is 2.49. The largest absolute Gasteiger partial charge is 0.0625 e. The van der Waals surface area contributed by atoms with Crippen LogP contribution in [0.25, 0.3) is 0 Å². The highest BCUT2D eigenvalue weighted by molar-refractivity contribution is 4.91. The first kappa shape index (κ1) is 9.09. The number of hydrogen-bond acceptors (Lipinski definition) is 0. The van der Waals surface area contributed by atoms with Crippen LogP contribution < -0.4 is 0 Å². The molecule has 2 unspecified atom stereocenters. The van der Waals surface area contributed by atoms with Crippen molar-refractivity contribution < 1.29 is 0 Å². The molecular formula is C11H22. The van der Waals surface area contributed by atoms with Crippen LogP contribution in [0.5, 0.6) is 0 Å². The summed E-state index contributed by atoms with van der Waals surface area (Å²) in [6, 6.07) is 0. The zero-order valence-corrected chi connectivity index (χ0v) is 8.65. The highest BCUT2D eigenvalue weighted by atomic mass is 14.5. The molecule has 1 fully saturated rings. The summed E-state index contributed by atoms with van der Waals surface area (Å²) in [5.74, 6) is 2.76. The molecule has 0 aromatic heterocycles. The predicted molar refractivity (Wildman–Crippen MR) is 50.5 cm³/mol. The van der Waals surface area contributed by atoms with E-state index in [4.69, 9.17) is 0 Å². The Hall–Kier alpha value is 0. The van der Waals surface area contributed by atoms with Crippen LogP contribution in [-0.2, 0) is 0 Å². The molecule has 0 radical (unpaired) electrons. The van der Waals surface area contributed by atoms with Gasteiger partial charge in [0.1, 0.15) is 0 Å². The molecule has 0 aromatic carbocycles. The van der Waals surface area contributed by atoms with E-state index in [2.05, 4.69) is 34.6 Å². The lowest BCUT2D eigenvalue weighted by atomic mass is 9.56. The van der Waals surface area contributed by atoms with E-state index in [0.29, 0.717) is 5.41 Å². The third-order valence-electron chi connectivity index (χ3n) is 3.79. The Labute approximate surface area is 71.4 Å². The zero-order chi connectivity index (χ0) is 8.65. The van der Waals surface area contributed by atoms with E-state index in [-0.39, 0.29) is 0 Å². The minimum Gasteiger partial charge on any atom is -0.0625 e. The van der Waals surface area contributed by atoms with Crippen molar-refractivity contribution in [2.45, 2.75) is 47.5 Å². The third kappa shape index (κ3) is 1.60. The van der Waals surface area contributed by atoms with Gasteiger partial charge < -0.3 is 0 Å². The molecule has 0 saturated heterocycles. The highest BCUT2D eigenvalue weighted by Gasteiger charge is 2.41. The van der Waals surface area contributed by atoms with E-state index in [1.165, 1.54) is 12.8 Å². The van der Waals surface area contributed by atoms with Gasteiger partial charge in [0.2, 0.25) is 0 Å². The average molecular weight is 154 g/mol. The maximum absolute atomic E-state index is 2.42. The van der Waals surface area contributed by atoms with Crippen molar-refractivity contribution in [3.8, 4) is 0 Å². The Kier molecular flexibility index (Phi) is 2.32. The molecule has 0 amide bonds. The van der Waals surface area contributed by atoms with E-state index in [0.717, 1.165) is 17.8 Å². The normalized spacial score (nSPS) is 31.6. The molecule has 0 nitrogen and oxygen atoms in total. The van der Waals surface area contributed by atoms with Crippen LogP contribution >= 0.6 is 0 Å². The van der Waals surface area contributed by atoms with Gasteiger partial charge in [0, 0.05) is 0 Å². The van der Waals surface area contributed by atoms with Gasteiger partial charge in [-0.05, 0) is 36.0 Å². The van der Waals surface area contributed by atoms with Crippen LogP contribution in [0.2, 0.25) is 0 Å². The fraction of sp³-hybridized carbons (Fsp3) is 1.00. The smallest absolute Gasteiger partial charge is 0.0323 e. The Morgan fingerprint density at radius 1 is 1.18 bits per heavy atom. The minimum atomic E-state index is 0.643. The maximum Gasteiger partial charge on any atom is -0.0323 e. The molecule has 0 heterocycles. The second kappa shape index (κ2) is 2.80. The summed E-state index contributed by atoms with van der Waals surface area (Å²) in [5, 5.41) is 0. The average Bonchev–Trinajstić information content (AvgIpc) is 1.85. The lowest BCUT2D eigenvalue weighted by Gasteiger charge is -2.49. The Morgan fingerprint density at radius 3 is 1.82 bits per heavy atom. The maximum atomic E-state index is 2.42. The molecular weight excluding hydrogens is 132 g/mol. The van der Waals surface area contributed by atoms with Crippen molar-refractivity contribution in [3.05, 3.63) is 0 Å². The van der Waals surface area contributed by atoms with Gasteiger partial charge >= 0.3 is 0 Å². The molecule has 0 aliphatic heterocycles. The molecule has 1 aliphatic carbocycles. The van der Waals surface area contributed by atoms with Crippen LogP contribution in [0.1, 0.15) is 47.5 Å². The van der Waals surface area contributed by atoms with Crippen molar-refractivity contribution in [3.63, 3.8) is 0 Å². The summed E-state index contributed by atoms with van der Waals surface area (Å²) in [7, 11) is 0. The highest BCUT2D eigenvalue weighted by Crippen LogP contribution is 2.51. The second-order valence-corrected chi connectivity index (χ2v) is 5.24. The molecule has 1 saturated carbocycles. The summed E-state index contributed by atoms with van der Waals surface area (Å²) in [6.45, 7) is 11.9. The summed E-state index contributed by atoms with van der Waals surface area (Å²) in [6.07, 6.45) is 2.90. The standard InChI is InChI=1S/C11H22/c1-8(2)9(3)10-6-7-11(10,4)5/h8-10H,6-7H2,1-5H3. The quantitative estimate of drug-likeness (QED) is 0.568. The summed E-state index contributed by atoms with van der Waals surface area (Å²) < 4.78 is 0. The van der Waals surface area contributed by atoms with Crippen LogP contribution in [-0.4, -0.2) is 0 Å². The van der Waals surface area contributed by atoms with Crippen molar-refractivity contribution in [1.29, 1.82) is 0 Å². The lowest BCUT2D eigenvalue weighted by Crippen LogP contribution is -2.40. The zero-order valence-electron chi connectivity index (χ0n) is 8.65. The van der Waals surface area contributed by atoms with E-state index >= 15 is 0 Å². The van der Waals surface area contributed by atoms with Crippen LogP contribution in [0.3, 0.4) is 0 Å². The molecule has 0 bridgehead atoms. The molecule has 0 aromatic rings. The molecule has 2 atom stereocenters. The van der Waals surface area contributed by atoms with Gasteiger partial charge in [-0.2, -0.15) is 0 Å². The first-order valence-corrected chi connectivity index (χ1v) is 4.95. The molecule has 1 aliphatic rings. The monoisotopic (exact) mass is 154 g/mol. The molecule has 1 rings (SSSR count). The van der Waals surface area contributed by atoms with Crippen molar-refractivity contribution in [1.82, 2.24) is 0 Å². The molecule has 0 heteroatoms. The molecule has 0 spiro atoms. The van der Waals surface area contributed by atoms with Crippen molar-refractivity contribution in [2.24, 2.45) is 23.2 Å². The Morgan fingerprint density at radius 2 is 1.73 bits per heavy atom. The summed E-state index contributed by atoms with van der Waals surface area (Å²) in [4.78, 5) is 0. The Bertz CT molecular complexity index is 133. The number of rotatable bonds is 2. The summed E-state index contributed by atoms with van der Waals surface area (Å²) >= 11 is 0. The minimum absolute atomic E-state index is 0.643. The molecule has 11 heavy (non-hydrogen) atoms. The van der Waals surface area contributed by atoms with E-state index in [9.17, 15) is 0 Å². The van der Waals surface area contributed by atoms with Gasteiger partial charge in [-0.25, -0.2) is 0 Å².